The molecule has 0 amide bonds. The van der Waals surface area contributed by atoms with Gasteiger partial charge in [0.05, 0.1) is 6.61 Å². The largest absolute Gasteiger partial charge is 0.760 e. The molecule has 0 aliphatic rings. The van der Waals surface area contributed by atoms with E-state index >= 15 is 0 Å². The van der Waals surface area contributed by atoms with E-state index < -0.39 is 11.3 Å². The van der Waals surface area contributed by atoms with E-state index in [9.17, 15) is 8.76 Å². The summed E-state index contributed by atoms with van der Waals surface area (Å²) >= 11 is -2.25. The monoisotopic (exact) mass is 264 g/mol. The molecule has 0 spiro atoms. The summed E-state index contributed by atoms with van der Waals surface area (Å²) < 4.78 is 28.9. The first-order chi connectivity index (χ1) is 8.70. The van der Waals surface area contributed by atoms with Gasteiger partial charge in [0.1, 0.15) is 5.75 Å². The van der Waals surface area contributed by atoms with Crippen molar-refractivity contribution in [3.63, 3.8) is 0 Å². The van der Waals surface area contributed by atoms with Gasteiger partial charge >= 0.3 is 0 Å². The molecule has 0 saturated heterocycles. The number of ether oxygens (including phenoxy) is 1. The number of nitrogens with one attached hydrogen (secondary N) is 1. The fraction of sp³-hybridized carbons (Fsp3) is 0.231. The van der Waals surface area contributed by atoms with Gasteiger partial charge in [0, 0.05) is 17.8 Å². The van der Waals surface area contributed by atoms with Crippen molar-refractivity contribution in [2.24, 2.45) is 0 Å². The summed E-state index contributed by atoms with van der Waals surface area (Å²) in [4.78, 5) is 0. The second-order valence-electron chi connectivity index (χ2n) is 3.79. The van der Waals surface area contributed by atoms with Gasteiger partial charge in [-0.2, -0.15) is 0 Å². The Balaban J connectivity index is 2.38. The van der Waals surface area contributed by atoms with Gasteiger partial charge in [-0.05, 0) is 35.4 Å². The molecule has 2 aromatic rings. The molecule has 4 nitrogen and oxygen atoms in total. The van der Waals surface area contributed by atoms with Gasteiger partial charge in [-0.25, -0.2) is 4.72 Å². The molecule has 96 valence electrons. The lowest BCUT2D eigenvalue weighted by molar-refractivity contribution is 0.340. The molecule has 0 saturated carbocycles. The van der Waals surface area contributed by atoms with Crippen LogP contribution in [0.3, 0.4) is 0 Å². The van der Waals surface area contributed by atoms with Crippen LogP contribution in [0.4, 0.5) is 0 Å². The molecule has 0 fully saturated rings. The smallest absolute Gasteiger partial charge is 0.119 e. The quantitative estimate of drug-likeness (QED) is 0.841. The summed E-state index contributed by atoms with van der Waals surface area (Å²) in [5.74, 6) is 0.792. The lowest BCUT2D eigenvalue weighted by Crippen LogP contribution is -2.15. The summed E-state index contributed by atoms with van der Waals surface area (Å²) in [6.45, 7) is 2.82. The standard InChI is InChI=1S/C13H15NO3S/c1-2-17-12-7-6-10-4-3-5-11(13(10)8-12)9-14-18(15)16/h3-8,14H,2,9H2,1H3,(H,15,16)/p-1. The van der Waals surface area contributed by atoms with Crippen LogP contribution in [0.5, 0.6) is 5.75 Å². The molecule has 5 heteroatoms. The molecule has 18 heavy (non-hydrogen) atoms. The van der Waals surface area contributed by atoms with Crippen LogP contribution in [0.15, 0.2) is 36.4 Å². The van der Waals surface area contributed by atoms with E-state index in [4.69, 9.17) is 4.74 Å². The zero-order valence-electron chi connectivity index (χ0n) is 10.0. The van der Waals surface area contributed by atoms with Crippen LogP contribution in [0.2, 0.25) is 0 Å². The maximum absolute atomic E-state index is 10.5. The molecule has 0 aliphatic carbocycles. The zero-order valence-corrected chi connectivity index (χ0v) is 10.8. The van der Waals surface area contributed by atoms with Gasteiger partial charge < -0.3 is 9.29 Å². The zero-order chi connectivity index (χ0) is 13.0. The Morgan fingerprint density at radius 3 is 2.89 bits per heavy atom. The fourth-order valence-corrected chi connectivity index (χ4v) is 2.14. The van der Waals surface area contributed by atoms with Gasteiger partial charge in [-0.15, -0.1) is 0 Å². The normalized spacial score (nSPS) is 12.6. The molecule has 1 atom stereocenters. The van der Waals surface area contributed by atoms with Gasteiger partial charge in [-0.1, -0.05) is 24.3 Å². The van der Waals surface area contributed by atoms with Crippen LogP contribution in [0, 0.1) is 0 Å². The van der Waals surface area contributed by atoms with Crippen molar-refractivity contribution in [2.45, 2.75) is 13.5 Å². The number of hydrogen-bond donors (Lipinski definition) is 1. The highest BCUT2D eigenvalue weighted by Crippen LogP contribution is 2.24. The highest BCUT2D eigenvalue weighted by Gasteiger charge is 2.02. The van der Waals surface area contributed by atoms with Crippen molar-refractivity contribution in [2.75, 3.05) is 6.61 Å². The van der Waals surface area contributed by atoms with Crippen LogP contribution in [0.25, 0.3) is 10.8 Å². The maximum atomic E-state index is 10.5. The Labute approximate surface area is 108 Å². The van der Waals surface area contributed by atoms with Crippen molar-refractivity contribution in [3.05, 3.63) is 42.0 Å². The van der Waals surface area contributed by atoms with E-state index in [2.05, 4.69) is 4.72 Å². The molecule has 0 aromatic heterocycles. The lowest BCUT2D eigenvalue weighted by Gasteiger charge is -2.11. The minimum atomic E-state index is -2.25. The van der Waals surface area contributed by atoms with Crippen LogP contribution in [-0.4, -0.2) is 15.4 Å². The van der Waals surface area contributed by atoms with Crippen LogP contribution >= 0.6 is 0 Å². The van der Waals surface area contributed by atoms with Crippen molar-refractivity contribution >= 4 is 22.0 Å². The van der Waals surface area contributed by atoms with E-state index in [0.717, 1.165) is 22.1 Å². The third-order valence-corrected chi connectivity index (χ3v) is 3.02. The number of fused-ring (bicyclic) bond motifs is 1. The highest BCUT2D eigenvalue weighted by atomic mass is 32.2. The Morgan fingerprint density at radius 1 is 1.33 bits per heavy atom. The molecule has 1 N–H and O–H groups in total. The molecular weight excluding hydrogens is 250 g/mol. The Bertz CT molecular complexity index is 571. The lowest BCUT2D eigenvalue weighted by atomic mass is 10.0. The van der Waals surface area contributed by atoms with E-state index in [1.807, 2.05) is 43.3 Å². The number of hydrogen-bond acceptors (Lipinski definition) is 3. The van der Waals surface area contributed by atoms with Gasteiger partial charge in [0.15, 0.2) is 0 Å². The highest BCUT2D eigenvalue weighted by molar-refractivity contribution is 7.77. The summed E-state index contributed by atoms with van der Waals surface area (Å²) in [7, 11) is 0. The second kappa shape index (κ2) is 5.95. The topological polar surface area (TPSA) is 61.4 Å². The predicted molar refractivity (Wildman–Crippen MR) is 70.9 cm³/mol. The first-order valence-electron chi connectivity index (χ1n) is 5.68. The molecule has 0 bridgehead atoms. The number of benzene rings is 2. The van der Waals surface area contributed by atoms with Crippen molar-refractivity contribution < 1.29 is 13.5 Å². The maximum Gasteiger partial charge on any atom is 0.119 e. The summed E-state index contributed by atoms with van der Waals surface area (Å²) in [5.41, 5.74) is 0.929. The minimum absolute atomic E-state index is 0.281. The van der Waals surface area contributed by atoms with Crippen LogP contribution in [0.1, 0.15) is 12.5 Å². The molecule has 0 heterocycles. The molecule has 0 radical (unpaired) electrons. The Kier molecular flexibility index (Phi) is 4.30. The molecule has 1 unspecified atom stereocenters. The van der Waals surface area contributed by atoms with Crippen molar-refractivity contribution in [1.29, 1.82) is 0 Å². The van der Waals surface area contributed by atoms with E-state index in [-0.39, 0.29) is 6.54 Å². The van der Waals surface area contributed by atoms with Crippen LogP contribution < -0.4 is 9.46 Å². The average Bonchev–Trinajstić information content (AvgIpc) is 2.36. The Morgan fingerprint density at radius 2 is 2.17 bits per heavy atom. The summed E-state index contributed by atoms with van der Waals surface area (Å²) in [6.07, 6.45) is 0. The van der Waals surface area contributed by atoms with Gasteiger partial charge in [0.2, 0.25) is 0 Å². The average molecular weight is 264 g/mol. The van der Waals surface area contributed by atoms with Gasteiger partial charge in [0.25, 0.3) is 0 Å². The van der Waals surface area contributed by atoms with E-state index in [1.54, 1.807) is 0 Å². The third-order valence-electron chi connectivity index (χ3n) is 2.64. The second-order valence-corrected chi connectivity index (χ2v) is 4.55. The molecule has 0 aliphatic heterocycles. The summed E-state index contributed by atoms with van der Waals surface area (Å²) in [6, 6.07) is 11.6. The van der Waals surface area contributed by atoms with Crippen molar-refractivity contribution in [1.82, 2.24) is 4.72 Å². The fourth-order valence-electron chi connectivity index (χ4n) is 1.86. The van der Waals surface area contributed by atoms with E-state index in [1.165, 1.54) is 0 Å². The van der Waals surface area contributed by atoms with Crippen molar-refractivity contribution in [3.8, 4) is 5.75 Å². The third kappa shape index (κ3) is 3.07. The SMILES string of the molecule is CCOc1ccc2cccc(CNS(=O)[O-])c2c1. The molecular formula is C13H14NO3S-. The molecule has 2 rings (SSSR count). The van der Waals surface area contributed by atoms with Gasteiger partial charge in [-0.3, -0.25) is 4.21 Å². The first kappa shape index (κ1) is 13.0. The first-order valence-corrected chi connectivity index (χ1v) is 6.75. The predicted octanol–water partition coefficient (Wildman–Crippen LogP) is 2.12. The molecule has 2 aromatic carbocycles. The van der Waals surface area contributed by atoms with E-state index in [0.29, 0.717) is 6.61 Å². The summed E-state index contributed by atoms with van der Waals surface area (Å²) in [5, 5.41) is 2.07. The van der Waals surface area contributed by atoms with Crippen LogP contribution in [-0.2, 0) is 17.8 Å². The Hall–Kier alpha value is -1.43. The number of rotatable bonds is 5. The minimum Gasteiger partial charge on any atom is -0.760 e.